The van der Waals surface area contributed by atoms with Crippen molar-refractivity contribution in [2.75, 3.05) is 26.2 Å². The highest BCUT2D eigenvalue weighted by Gasteiger charge is 2.31. The van der Waals surface area contributed by atoms with Crippen molar-refractivity contribution in [1.29, 1.82) is 0 Å². The van der Waals surface area contributed by atoms with Gasteiger partial charge in [0, 0.05) is 31.6 Å². The summed E-state index contributed by atoms with van der Waals surface area (Å²) in [5.41, 5.74) is 0.138. The number of hydrogen-bond donors (Lipinski definition) is 0. The second-order valence-corrected chi connectivity index (χ2v) is 7.75. The molecular weight excluding hydrogens is 340 g/mol. The summed E-state index contributed by atoms with van der Waals surface area (Å²) in [6, 6.07) is 16.7. The monoisotopic (exact) mass is 366 g/mol. The van der Waals surface area contributed by atoms with Gasteiger partial charge < -0.3 is 14.5 Å². The van der Waals surface area contributed by atoms with Gasteiger partial charge in [0.2, 0.25) is 5.91 Å². The fourth-order valence-corrected chi connectivity index (χ4v) is 3.11. The van der Waals surface area contributed by atoms with Crippen LogP contribution in [0.4, 0.5) is 0 Å². The quantitative estimate of drug-likeness (QED) is 0.830. The van der Waals surface area contributed by atoms with Gasteiger partial charge in [-0.1, -0.05) is 51.1 Å². The van der Waals surface area contributed by atoms with Crippen molar-refractivity contribution in [2.24, 2.45) is 5.41 Å². The standard InChI is InChI=1S/C22H26N2O3/c1-22(2,3)21(26)24-15-13-23(14-16-24)20(25)18-11-7-8-12-19(18)27-17-9-5-4-6-10-17/h4-12H,13-16H2,1-3H3. The number of rotatable bonds is 3. The maximum Gasteiger partial charge on any atom is 0.257 e. The fourth-order valence-electron chi connectivity index (χ4n) is 3.11. The molecule has 1 aliphatic rings. The maximum atomic E-state index is 13.0. The molecule has 0 atom stereocenters. The fraction of sp³-hybridized carbons (Fsp3) is 0.364. The van der Waals surface area contributed by atoms with Crippen LogP contribution in [0, 0.1) is 5.41 Å². The number of carbonyl (C=O) groups excluding carboxylic acids is 2. The van der Waals surface area contributed by atoms with Gasteiger partial charge in [-0.05, 0) is 24.3 Å². The summed E-state index contributed by atoms with van der Waals surface area (Å²) in [7, 11) is 0. The molecule has 2 amide bonds. The molecule has 1 fully saturated rings. The summed E-state index contributed by atoms with van der Waals surface area (Å²) >= 11 is 0. The van der Waals surface area contributed by atoms with Crippen LogP contribution in [0.5, 0.6) is 11.5 Å². The van der Waals surface area contributed by atoms with Gasteiger partial charge in [0.05, 0.1) is 5.56 Å². The van der Waals surface area contributed by atoms with Crippen LogP contribution in [0.2, 0.25) is 0 Å². The third-order valence-corrected chi connectivity index (χ3v) is 4.58. The van der Waals surface area contributed by atoms with Gasteiger partial charge in [-0.2, -0.15) is 0 Å². The van der Waals surface area contributed by atoms with E-state index < -0.39 is 5.41 Å². The van der Waals surface area contributed by atoms with Crippen molar-refractivity contribution < 1.29 is 14.3 Å². The van der Waals surface area contributed by atoms with Crippen LogP contribution < -0.4 is 4.74 Å². The van der Waals surface area contributed by atoms with Gasteiger partial charge >= 0.3 is 0 Å². The largest absolute Gasteiger partial charge is 0.457 e. The average molecular weight is 366 g/mol. The van der Waals surface area contributed by atoms with Crippen LogP contribution in [-0.4, -0.2) is 47.8 Å². The maximum absolute atomic E-state index is 13.0. The van der Waals surface area contributed by atoms with Gasteiger partial charge in [-0.25, -0.2) is 0 Å². The summed E-state index contributed by atoms with van der Waals surface area (Å²) < 4.78 is 5.91. The first-order valence-electron chi connectivity index (χ1n) is 9.27. The van der Waals surface area contributed by atoms with Gasteiger partial charge in [-0.3, -0.25) is 9.59 Å². The van der Waals surface area contributed by atoms with E-state index in [2.05, 4.69) is 0 Å². The molecule has 0 bridgehead atoms. The Hall–Kier alpha value is -2.82. The summed E-state index contributed by atoms with van der Waals surface area (Å²) in [6.45, 7) is 7.94. The van der Waals surface area contributed by atoms with Crippen molar-refractivity contribution >= 4 is 11.8 Å². The van der Waals surface area contributed by atoms with E-state index >= 15 is 0 Å². The Morgan fingerprint density at radius 2 is 1.37 bits per heavy atom. The second kappa shape index (κ2) is 7.82. The Morgan fingerprint density at radius 1 is 0.815 bits per heavy atom. The molecule has 2 aromatic carbocycles. The molecule has 1 aliphatic heterocycles. The molecule has 0 aromatic heterocycles. The van der Waals surface area contributed by atoms with E-state index in [4.69, 9.17) is 4.74 Å². The first kappa shape index (κ1) is 19.0. The van der Waals surface area contributed by atoms with Crippen LogP contribution in [-0.2, 0) is 4.79 Å². The molecule has 5 heteroatoms. The molecule has 5 nitrogen and oxygen atoms in total. The first-order valence-corrected chi connectivity index (χ1v) is 9.27. The second-order valence-electron chi connectivity index (χ2n) is 7.75. The van der Waals surface area contributed by atoms with Crippen LogP contribution in [0.1, 0.15) is 31.1 Å². The number of piperazine rings is 1. The van der Waals surface area contributed by atoms with Gasteiger partial charge in [-0.15, -0.1) is 0 Å². The van der Waals surface area contributed by atoms with E-state index in [9.17, 15) is 9.59 Å². The predicted molar refractivity (Wildman–Crippen MR) is 105 cm³/mol. The lowest BCUT2D eigenvalue weighted by atomic mass is 9.94. The zero-order valence-corrected chi connectivity index (χ0v) is 16.1. The molecule has 0 aliphatic carbocycles. The molecule has 0 saturated carbocycles. The van der Waals surface area contributed by atoms with E-state index in [1.807, 2.05) is 68.1 Å². The molecule has 1 heterocycles. The van der Waals surface area contributed by atoms with Crippen molar-refractivity contribution in [3.63, 3.8) is 0 Å². The van der Waals surface area contributed by atoms with Crippen LogP contribution in [0.3, 0.4) is 0 Å². The van der Waals surface area contributed by atoms with Crippen molar-refractivity contribution in [1.82, 2.24) is 9.80 Å². The summed E-state index contributed by atoms with van der Waals surface area (Å²) in [5, 5.41) is 0. The third-order valence-electron chi connectivity index (χ3n) is 4.58. The molecule has 142 valence electrons. The number of amides is 2. The smallest absolute Gasteiger partial charge is 0.257 e. The number of ether oxygens (including phenoxy) is 1. The van der Waals surface area contributed by atoms with E-state index in [1.54, 1.807) is 17.0 Å². The van der Waals surface area contributed by atoms with Gasteiger partial charge in [0.25, 0.3) is 5.91 Å². The Balaban J connectivity index is 1.70. The zero-order chi connectivity index (χ0) is 19.4. The Kier molecular flexibility index (Phi) is 5.49. The van der Waals surface area contributed by atoms with Gasteiger partial charge in [0.15, 0.2) is 0 Å². The molecule has 2 aromatic rings. The number of nitrogens with zero attached hydrogens (tertiary/aromatic N) is 2. The minimum absolute atomic E-state index is 0.0654. The van der Waals surface area contributed by atoms with Crippen molar-refractivity contribution in [3.8, 4) is 11.5 Å². The van der Waals surface area contributed by atoms with Crippen molar-refractivity contribution in [2.45, 2.75) is 20.8 Å². The van der Waals surface area contributed by atoms with Crippen LogP contribution in [0.15, 0.2) is 54.6 Å². The first-order chi connectivity index (χ1) is 12.9. The number of carbonyl (C=O) groups is 2. The molecule has 0 radical (unpaired) electrons. The van der Waals surface area contributed by atoms with Crippen LogP contribution in [0.25, 0.3) is 0 Å². The summed E-state index contributed by atoms with van der Waals surface area (Å²) in [6.07, 6.45) is 0. The predicted octanol–water partition coefficient (Wildman–Crippen LogP) is 3.81. The van der Waals surface area contributed by atoms with Crippen molar-refractivity contribution in [3.05, 3.63) is 60.2 Å². The van der Waals surface area contributed by atoms with Gasteiger partial charge in [0.1, 0.15) is 11.5 Å². The lowest BCUT2D eigenvalue weighted by Crippen LogP contribution is -2.53. The summed E-state index contributed by atoms with van der Waals surface area (Å²) in [5.74, 6) is 1.30. The van der Waals surface area contributed by atoms with E-state index in [-0.39, 0.29) is 11.8 Å². The highest BCUT2D eigenvalue weighted by molar-refractivity contribution is 5.97. The third kappa shape index (κ3) is 4.48. The van der Waals surface area contributed by atoms with E-state index in [0.29, 0.717) is 43.2 Å². The van der Waals surface area contributed by atoms with E-state index in [1.165, 1.54) is 0 Å². The highest BCUT2D eigenvalue weighted by atomic mass is 16.5. The topological polar surface area (TPSA) is 49.9 Å². The molecule has 3 rings (SSSR count). The normalized spacial score (nSPS) is 14.8. The molecule has 0 N–H and O–H groups in total. The Bertz CT molecular complexity index is 804. The minimum Gasteiger partial charge on any atom is -0.457 e. The minimum atomic E-state index is -0.400. The molecular formula is C22H26N2O3. The molecule has 0 unspecified atom stereocenters. The number of hydrogen-bond acceptors (Lipinski definition) is 3. The number of para-hydroxylation sites is 2. The Morgan fingerprint density at radius 3 is 2.00 bits per heavy atom. The SMILES string of the molecule is CC(C)(C)C(=O)N1CCN(C(=O)c2ccccc2Oc2ccccc2)CC1. The molecule has 0 spiro atoms. The Labute approximate surface area is 160 Å². The highest BCUT2D eigenvalue weighted by Crippen LogP contribution is 2.27. The van der Waals surface area contributed by atoms with Crippen LogP contribution >= 0.6 is 0 Å². The zero-order valence-electron chi connectivity index (χ0n) is 16.1. The lowest BCUT2D eigenvalue weighted by molar-refractivity contribution is -0.140. The number of benzene rings is 2. The average Bonchev–Trinajstić information content (AvgIpc) is 2.67. The molecule has 27 heavy (non-hydrogen) atoms. The lowest BCUT2D eigenvalue weighted by Gasteiger charge is -2.37. The summed E-state index contributed by atoms with van der Waals surface area (Å²) in [4.78, 5) is 29.1. The molecule has 1 saturated heterocycles. The van der Waals surface area contributed by atoms with E-state index in [0.717, 1.165) is 0 Å².